The van der Waals surface area contributed by atoms with Crippen molar-refractivity contribution in [3.63, 3.8) is 0 Å². The van der Waals surface area contributed by atoms with Gasteiger partial charge in [0.1, 0.15) is 0 Å². The van der Waals surface area contributed by atoms with Gasteiger partial charge in [-0.3, -0.25) is 4.98 Å². The number of thioether (sulfide) groups is 1. The number of nitrogens with zero attached hydrogens (tertiary/aromatic N) is 1. The molecule has 0 saturated heterocycles. The average molecular weight is 304 g/mol. The summed E-state index contributed by atoms with van der Waals surface area (Å²) in [5, 5.41) is 8.60. The first kappa shape index (κ1) is 16.4. The number of nitrogens with one attached hydrogen (secondary N) is 1. The van der Waals surface area contributed by atoms with Gasteiger partial charge in [-0.15, -0.1) is 0 Å². The minimum Gasteiger partial charge on any atom is -0.396 e. The lowest BCUT2D eigenvalue weighted by molar-refractivity contribution is 0.296. The quantitative estimate of drug-likeness (QED) is 0.621. The van der Waals surface area contributed by atoms with Crippen LogP contribution in [-0.2, 0) is 16.4 Å². The van der Waals surface area contributed by atoms with E-state index in [1.807, 2.05) is 12.1 Å². The maximum Gasteiger partial charge on any atom is 0.211 e. The number of hydrogen-bond acceptors (Lipinski definition) is 5. The molecule has 0 saturated carbocycles. The smallest absolute Gasteiger partial charge is 0.211 e. The van der Waals surface area contributed by atoms with Crippen molar-refractivity contribution >= 4 is 21.8 Å². The molecule has 0 fully saturated rings. The van der Waals surface area contributed by atoms with Crippen LogP contribution in [0.3, 0.4) is 0 Å². The molecule has 1 aromatic heterocycles. The van der Waals surface area contributed by atoms with Gasteiger partial charge >= 0.3 is 0 Å². The summed E-state index contributed by atoms with van der Waals surface area (Å²) in [4.78, 5) is 3.89. The monoisotopic (exact) mass is 304 g/mol. The average Bonchev–Trinajstić information content (AvgIpc) is 2.42. The molecule has 1 rings (SSSR count). The number of aryl methyl sites for hydroxylation is 1. The van der Waals surface area contributed by atoms with Crippen molar-refractivity contribution in [3.05, 3.63) is 30.1 Å². The summed E-state index contributed by atoms with van der Waals surface area (Å²) in [5.74, 6) is 1.68. The van der Waals surface area contributed by atoms with E-state index >= 15 is 0 Å². The lowest BCUT2D eigenvalue weighted by Gasteiger charge is -2.06. The highest BCUT2D eigenvalue weighted by Crippen LogP contribution is 2.02. The third-order valence-corrected chi connectivity index (χ3v) is 4.88. The van der Waals surface area contributed by atoms with Crippen LogP contribution >= 0.6 is 11.8 Å². The van der Waals surface area contributed by atoms with Gasteiger partial charge in [-0.2, -0.15) is 11.8 Å². The van der Waals surface area contributed by atoms with Crippen molar-refractivity contribution in [1.29, 1.82) is 0 Å². The number of hydrogen-bond donors (Lipinski definition) is 2. The summed E-state index contributed by atoms with van der Waals surface area (Å²) in [6.07, 6.45) is 4.56. The van der Waals surface area contributed by atoms with Gasteiger partial charge in [-0.25, -0.2) is 13.1 Å². The molecular weight excluding hydrogens is 284 g/mol. The first-order chi connectivity index (χ1) is 9.14. The second kappa shape index (κ2) is 9.30. The fourth-order valence-electron chi connectivity index (χ4n) is 1.41. The van der Waals surface area contributed by atoms with Crippen molar-refractivity contribution in [1.82, 2.24) is 9.71 Å². The molecule has 0 atom stereocenters. The second-order valence-corrected chi connectivity index (χ2v) is 7.16. The van der Waals surface area contributed by atoms with Crippen LogP contribution < -0.4 is 4.72 Å². The lowest BCUT2D eigenvalue weighted by atomic mass is 10.2. The van der Waals surface area contributed by atoms with Crippen molar-refractivity contribution < 1.29 is 13.5 Å². The molecule has 0 spiro atoms. The molecule has 1 aromatic rings. The van der Waals surface area contributed by atoms with Crippen LogP contribution in [-0.4, -0.2) is 48.9 Å². The molecule has 0 aliphatic rings. The van der Waals surface area contributed by atoms with Crippen LogP contribution in [0.2, 0.25) is 0 Å². The number of pyridine rings is 1. The number of aliphatic hydroxyl groups is 1. The van der Waals surface area contributed by atoms with Gasteiger partial charge in [-0.1, -0.05) is 0 Å². The fraction of sp³-hybridized carbons (Fsp3) is 0.583. The molecule has 0 radical (unpaired) electrons. The number of aromatic nitrogens is 1. The maximum absolute atomic E-state index is 11.7. The third kappa shape index (κ3) is 8.20. The highest BCUT2D eigenvalue weighted by atomic mass is 32.2. The zero-order chi connectivity index (χ0) is 14.0. The van der Waals surface area contributed by atoms with Crippen molar-refractivity contribution in [2.75, 3.05) is 30.4 Å². The van der Waals surface area contributed by atoms with Gasteiger partial charge in [-0.05, 0) is 36.3 Å². The summed E-state index contributed by atoms with van der Waals surface area (Å²) >= 11 is 1.64. The Labute approximate surface area is 118 Å². The summed E-state index contributed by atoms with van der Waals surface area (Å²) < 4.78 is 26.0. The lowest BCUT2D eigenvalue weighted by Crippen LogP contribution is -2.29. The van der Waals surface area contributed by atoms with Gasteiger partial charge in [0, 0.05) is 31.3 Å². The van der Waals surface area contributed by atoms with Crippen LogP contribution in [0.5, 0.6) is 0 Å². The molecule has 1 heterocycles. The summed E-state index contributed by atoms with van der Waals surface area (Å²) in [6, 6.07) is 3.64. The van der Waals surface area contributed by atoms with Gasteiger partial charge in [0.15, 0.2) is 0 Å². The molecule has 0 aromatic carbocycles. The van der Waals surface area contributed by atoms with E-state index in [4.69, 9.17) is 5.11 Å². The highest BCUT2D eigenvalue weighted by Gasteiger charge is 2.09. The Balaban J connectivity index is 2.17. The molecule has 0 aliphatic carbocycles. The Kier molecular flexibility index (Phi) is 8.04. The molecule has 108 valence electrons. The van der Waals surface area contributed by atoms with Crippen molar-refractivity contribution in [2.45, 2.75) is 12.8 Å². The summed E-state index contributed by atoms with van der Waals surface area (Å²) in [5.41, 5.74) is 0.970. The first-order valence-electron chi connectivity index (χ1n) is 6.19. The maximum atomic E-state index is 11.7. The van der Waals surface area contributed by atoms with E-state index < -0.39 is 10.0 Å². The van der Waals surface area contributed by atoms with Crippen LogP contribution in [0.4, 0.5) is 0 Å². The topological polar surface area (TPSA) is 79.3 Å². The predicted octanol–water partition coefficient (Wildman–Crippen LogP) is 0.659. The molecule has 7 heteroatoms. The molecular formula is C12H20N2O3S2. The normalized spacial score (nSPS) is 11.6. The first-order valence-corrected chi connectivity index (χ1v) is 8.99. The standard InChI is InChI=1S/C12H20N2O3S2/c15-8-1-9-18-10-7-14-19(16,17)11-4-12-2-5-13-6-3-12/h2-3,5-6,14-15H,1,4,7-11H2. The molecule has 0 amide bonds. The SMILES string of the molecule is O=S(=O)(CCc1ccncc1)NCCSCCCO. The van der Waals surface area contributed by atoms with Gasteiger partial charge in [0.25, 0.3) is 0 Å². The van der Waals surface area contributed by atoms with Crippen molar-refractivity contribution in [3.8, 4) is 0 Å². The number of rotatable bonds is 10. The Morgan fingerprint density at radius 3 is 2.68 bits per heavy atom. The molecule has 0 unspecified atom stereocenters. The second-order valence-electron chi connectivity index (χ2n) is 4.01. The van der Waals surface area contributed by atoms with Crippen LogP contribution in [0.25, 0.3) is 0 Å². The van der Waals surface area contributed by atoms with E-state index in [0.29, 0.717) is 13.0 Å². The van der Waals surface area contributed by atoms with Gasteiger partial charge < -0.3 is 5.11 Å². The van der Waals surface area contributed by atoms with Crippen LogP contribution in [0, 0.1) is 0 Å². The highest BCUT2D eigenvalue weighted by molar-refractivity contribution is 7.99. The predicted molar refractivity (Wildman–Crippen MR) is 78.8 cm³/mol. The van der Waals surface area contributed by atoms with E-state index in [9.17, 15) is 8.42 Å². The van der Waals surface area contributed by atoms with E-state index in [0.717, 1.165) is 23.5 Å². The van der Waals surface area contributed by atoms with Crippen LogP contribution in [0.1, 0.15) is 12.0 Å². The fourth-order valence-corrected chi connectivity index (χ4v) is 3.39. The zero-order valence-electron chi connectivity index (χ0n) is 10.8. The van der Waals surface area contributed by atoms with Crippen molar-refractivity contribution in [2.24, 2.45) is 0 Å². The minimum atomic E-state index is -3.21. The number of aliphatic hydroxyl groups excluding tert-OH is 1. The van der Waals surface area contributed by atoms with E-state index in [-0.39, 0.29) is 12.4 Å². The molecule has 5 nitrogen and oxygen atoms in total. The van der Waals surface area contributed by atoms with E-state index in [1.165, 1.54) is 0 Å². The summed E-state index contributed by atoms with van der Waals surface area (Å²) in [7, 11) is -3.21. The molecule has 19 heavy (non-hydrogen) atoms. The molecule has 0 aliphatic heterocycles. The minimum absolute atomic E-state index is 0.0956. The Morgan fingerprint density at radius 2 is 2.00 bits per heavy atom. The molecule has 2 N–H and O–H groups in total. The zero-order valence-corrected chi connectivity index (χ0v) is 12.4. The summed E-state index contributed by atoms with van der Waals surface area (Å²) in [6.45, 7) is 0.624. The van der Waals surface area contributed by atoms with Crippen LogP contribution in [0.15, 0.2) is 24.5 Å². The van der Waals surface area contributed by atoms with E-state index in [2.05, 4.69) is 9.71 Å². The van der Waals surface area contributed by atoms with E-state index in [1.54, 1.807) is 24.2 Å². The molecule has 0 bridgehead atoms. The van der Waals surface area contributed by atoms with Gasteiger partial charge in [0.2, 0.25) is 10.0 Å². The Hall–Kier alpha value is -0.630. The largest absolute Gasteiger partial charge is 0.396 e. The Bertz CT molecular complexity index is 438. The number of sulfonamides is 1. The van der Waals surface area contributed by atoms with Gasteiger partial charge in [0.05, 0.1) is 5.75 Å². The third-order valence-electron chi connectivity index (χ3n) is 2.42. The Morgan fingerprint density at radius 1 is 1.26 bits per heavy atom.